The summed E-state index contributed by atoms with van der Waals surface area (Å²) < 4.78 is 7.54. The van der Waals surface area contributed by atoms with Crippen LogP contribution < -0.4 is 4.74 Å². The third kappa shape index (κ3) is 1.83. The van der Waals surface area contributed by atoms with Crippen LogP contribution in [0.15, 0.2) is 18.2 Å². The molecule has 0 amide bonds. The standard InChI is InChI=1S/C16H19N3O/c1-5-6-15-18-11(3)16-10(2)17-13-9-12(20-4)7-8-14(13)19(15)16/h7-9H,5-6H2,1-4H3. The van der Waals surface area contributed by atoms with Crippen LogP contribution >= 0.6 is 0 Å². The van der Waals surface area contributed by atoms with Crippen LogP contribution in [0.3, 0.4) is 0 Å². The van der Waals surface area contributed by atoms with Gasteiger partial charge in [-0.25, -0.2) is 9.97 Å². The van der Waals surface area contributed by atoms with Gasteiger partial charge in [-0.15, -0.1) is 0 Å². The monoisotopic (exact) mass is 269 g/mol. The van der Waals surface area contributed by atoms with Gasteiger partial charge in [-0.3, -0.25) is 4.40 Å². The average Bonchev–Trinajstić information content (AvgIpc) is 2.76. The van der Waals surface area contributed by atoms with Crippen molar-refractivity contribution >= 4 is 16.6 Å². The summed E-state index contributed by atoms with van der Waals surface area (Å²) in [4.78, 5) is 9.43. The van der Waals surface area contributed by atoms with Crippen molar-refractivity contribution in [3.8, 4) is 5.75 Å². The van der Waals surface area contributed by atoms with Crippen LogP contribution in [0.5, 0.6) is 5.75 Å². The highest BCUT2D eigenvalue weighted by Crippen LogP contribution is 2.25. The molecule has 0 radical (unpaired) electrons. The van der Waals surface area contributed by atoms with Crippen LogP contribution in [-0.2, 0) is 6.42 Å². The molecule has 4 nitrogen and oxygen atoms in total. The van der Waals surface area contributed by atoms with Crippen LogP contribution in [0.25, 0.3) is 16.6 Å². The molecule has 0 saturated heterocycles. The number of aryl methyl sites for hydroxylation is 3. The van der Waals surface area contributed by atoms with E-state index in [4.69, 9.17) is 14.7 Å². The van der Waals surface area contributed by atoms with Crippen molar-refractivity contribution in [3.63, 3.8) is 0 Å². The number of fused-ring (bicyclic) bond motifs is 3. The van der Waals surface area contributed by atoms with Gasteiger partial charge in [0, 0.05) is 12.5 Å². The summed E-state index contributed by atoms with van der Waals surface area (Å²) >= 11 is 0. The van der Waals surface area contributed by atoms with Crippen LogP contribution in [-0.4, -0.2) is 21.5 Å². The van der Waals surface area contributed by atoms with E-state index in [1.807, 2.05) is 19.1 Å². The molecule has 4 heteroatoms. The quantitative estimate of drug-likeness (QED) is 0.731. The number of aromatic nitrogens is 3. The Morgan fingerprint density at radius 1 is 1.15 bits per heavy atom. The van der Waals surface area contributed by atoms with E-state index in [1.54, 1.807) is 7.11 Å². The molecule has 20 heavy (non-hydrogen) atoms. The Balaban J connectivity index is 2.44. The lowest BCUT2D eigenvalue weighted by Gasteiger charge is -2.09. The molecule has 0 aliphatic rings. The third-order valence-corrected chi connectivity index (χ3v) is 3.65. The lowest BCUT2D eigenvalue weighted by atomic mass is 10.2. The highest BCUT2D eigenvalue weighted by atomic mass is 16.5. The van der Waals surface area contributed by atoms with E-state index in [0.29, 0.717) is 0 Å². The first-order valence-corrected chi connectivity index (χ1v) is 6.98. The zero-order valence-corrected chi connectivity index (χ0v) is 12.4. The lowest BCUT2D eigenvalue weighted by Crippen LogP contribution is -2.00. The van der Waals surface area contributed by atoms with Gasteiger partial charge >= 0.3 is 0 Å². The Bertz CT molecular complexity index is 789. The number of hydrogen-bond donors (Lipinski definition) is 0. The summed E-state index contributed by atoms with van der Waals surface area (Å²) in [5, 5.41) is 0. The SMILES string of the molecule is CCCc1nc(C)c2c(C)nc3cc(OC)ccc3n12. The molecule has 0 fully saturated rings. The topological polar surface area (TPSA) is 39.4 Å². The molecule has 0 unspecified atom stereocenters. The normalized spacial score (nSPS) is 11.4. The number of hydrogen-bond acceptors (Lipinski definition) is 3. The maximum atomic E-state index is 5.29. The third-order valence-electron chi connectivity index (χ3n) is 3.65. The zero-order chi connectivity index (χ0) is 14.3. The molecule has 0 aliphatic carbocycles. The van der Waals surface area contributed by atoms with E-state index in [9.17, 15) is 0 Å². The zero-order valence-electron chi connectivity index (χ0n) is 12.4. The van der Waals surface area contributed by atoms with Gasteiger partial charge in [-0.1, -0.05) is 6.92 Å². The van der Waals surface area contributed by atoms with Gasteiger partial charge < -0.3 is 4.74 Å². The summed E-state index contributed by atoms with van der Waals surface area (Å²) in [6.07, 6.45) is 2.05. The second-order valence-corrected chi connectivity index (χ2v) is 5.10. The van der Waals surface area contributed by atoms with Crippen LogP contribution in [0.4, 0.5) is 0 Å². The number of ether oxygens (including phenoxy) is 1. The highest BCUT2D eigenvalue weighted by Gasteiger charge is 2.14. The summed E-state index contributed by atoms with van der Waals surface area (Å²) in [6, 6.07) is 6.02. The van der Waals surface area contributed by atoms with Gasteiger partial charge in [-0.05, 0) is 32.4 Å². The molecule has 0 bridgehead atoms. The predicted molar refractivity (Wildman–Crippen MR) is 80.5 cm³/mol. The van der Waals surface area contributed by atoms with E-state index in [2.05, 4.69) is 24.3 Å². The molecular weight excluding hydrogens is 250 g/mol. The van der Waals surface area contributed by atoms with E-state index in [-0.39, 0.29) is 0 Å². The molecule has 3 aromatic rings. The fourth-order valence-electron chi connectivity index (χ4n) is 2.80. The molecular formula is C16H19N3O. The van der Waals surface area contributed by atoms with Crippen molar-refractivity contribution in [2.24, 2.45) is 0 Å². The molecule has 0 aliphatic heterocycles. The number of imidazole rings is 1. The van der Waals surface area contributed by atoms with E-state index in [0.717, 1.165) is 52.4 Å². The van der Waals surface area contributed by atoms with Crippen molar-refractivity contribution in [2.45, 2.75) is 33.6 Å². The lowest BCUT2D eigenvalue weighted by molar-refractivity contribution is 0.415. The van der Waals surface area contributed by atoms with Crippen LogP contribution in [0.2, 0.25) is 0 Å². The molecule has 104 valence electrons. The summed E-state index contributed by atoms with van der Waals surface area (Å²) in [7, 11) is 1.68. The van der Waals surface area contributed by atoms with Crippen molar-refractivity contribution in [1.29, 1.82) is 0 Å². The fraction of sp³-hybridized carbons (Fsp3) is 0.375. The molecule has 0 atom stereocenters. The van der Waals surface area contributed by atoms with Crippen molar-refractivity contribution < 1.29 is 4.74 Å². The van der Waals surface area contributed by atoms with E-state index >= 15 is 0 Å². The Morgan fingerprint density at radius 3 is 2.60 bits per heavy atom. The van der Waals surface area contributed by atoms with Gasteiger partial charge in [-0.2, -0.15) is 0 Å². The minimum absolute atomic E-state index is 0.831. The summed E-state index contributed by atoms with van der Waals surface area (Å²) in [5.41, 5.74) is 5.24. The molecule has 3 rings (SSSR count). The maximum Gasteiger partial charge on any atom is 0.121 e. The average molecular weight is 269 g/mol. The Kier molecular flexibility index (Phi) is 3.08. The number of methoxy groups -OCH3 is 1. The van der Waals surface area contributed by atoms with Gasteiger partial charge in [0.05, 0.1) is 35.0 Å². The van der Waals surface area contributed by atoms with Crippen LogP contribution in [0, 0.1) is 13.8 Å². The van der Waals surface area contributed by atoms with Crippen molar-refractivity contribution in [2.75, 3.05) is 7.11 Å². The van der Waals surface area contributed by atoms with Crippen molar-refractivity contribution in [1.82, 2.24) is 14.4 Å². The van der Waals surface area contributed by atoms with Gasteiger partial charge in [0.25, 0.3) is 0 Å². The Labute approximate surface area is 118 Å². The van der Waals surface area contributed by atoms with Gasteiger partial charge in [0.2, 0.25) is 0 Å². The Morgan fingerprint density at radius 2 is 1.90 bits per heavy atom. The molecule has 0 saturated carbocycles. The highest BCUT2D eigenvalue weighted by molar-refractivity contribution is 5.82. The molecule has 2 heterocycles. The number of rotatable bonds is 3. The smallest absolute Gasteiger partial charge is 0.121 e. The van der Waals surface area contributed by atoms with Gasteiger partial charge in [0.15, 0.2) is 0 Å². The van der Waals surface area contributed by atoms with Crippen LogP contribution in [0.1, 0.15) is 30.6 Å². The number of benzene rings is 1. The van der Waals surface area contributed by atoms with E-state index in [1.165, 1.54) is 0 Å². The minimum atomic E-state index is 0.831. The maximum absolute atomic E-state index is 5.29. The minimum Gasteiger partial charge on any atom is -0.497 e. The molecule has 1 aromatic carbocycles. The van der Waals surface area contributed by atoms with Crippen molar-refractivity contribution in [3.05, 3.63) is 35.4 Å². The van der Waals surface area contributed by atoms with E-state index < -0.39 is 0 Å². The predicted octanol–water partition coefficient (Wildman–Crippen LogP) is 3.46. The molecule has 2 aromatic heterocycles. The molecule has 0 spiro atoms. The first kappa shape index (κ1) is 12.9. The first-order valence-electron chi connectivity index (χ1n) is 6.98. The van der Waals surface area contributed by atoms with Gasteiger partial charge in [0.1, 0.15) is 11.6 Å². The Hall–Kier alpha value is -2.10. The largest absolute Gasteiger partial charge is 0.497 e. The number of nitrogens with zero attached hydrogens (tertiary/aromatic N) is 3. The summed E-state index contributed by atoms with van der Waals surface area (Å²) in [6.45, 7) is 6.27. The second-order valence-electron chi connectivity index (χ2n) is 5.10. The molecule has 0 N–H and O–H groups in total. The second kappa shape index (κ2) is 4.78. The first-order chi connectivity index (χ1) is 9.65. The summed E-state index contributed by atoms with van der Waals surface area (Å²) in [5.74, 6) is 1.94. The fourth-order valence-corrected chi connectivity index (χ4v) is 2.80.